The summed E-state index contributed by atoms with van der Waals surface area (Å²) in [5.41, 5.74) is 0. The first-order valence-electron chi connectivity index (χ1n) is 29.1. The third-order valence-corrected chi connectivity index (χ3v) is 13.5. The highest BCUT2D eigenvalue weighted by Crippen LogP contribution is 2.17. The molecule has 1 amide bonds. The zero-order valence-electron chi connectivity index (χ0n) is 43.7. The second kappa shape index (κ2) is 54.9. The smallest absolute Gasteiger partial charge is 0.305 e. The second-order valence-electron chi connectivity index (χ2n) is 20.0. The summed E-state index contributed by atoms with van der Waals surface area (Å²) >= 11 is 0. The summed E-state index contributed by atoms with van der Waals surface area (Å²) < 4.78 is 5.46. The number of amides is 1. The van der Waals surface area contributed by atoms with Crippen molar-refractivity contribution in [1.82, 2.24) is 5.32 Å². The van der Waals surface area contributed by atoms with Crippen molar-refractivity contribution in [2.24, 2.45) is 0 Å². The first-order chi connectivity index (χ1) is 32.0. The number of unbranched alkanes of at least 4 members (excludes halogenated alkanes) is 41. The zero-order valence-corrected chi connectivity index (χ0v) is 43.7. The highest BCUT2D eigenvalue weighted by molar-refractivity contribution is 5.76. The van der Waals surface area contributed by atoms with Crippen LogP contribution in [0, 0.1) is 0 Å². The van der Waals surface area contributed by atoms with Gasteiger partial charge in [-0.3, -0.25) is 9.59 Å². The number of hydrogen-bond donors (Lipinski definition) is 3. The van der Waals surface area contributed by atoms with E-state index in [2.05, 4.69) is 31.3 Å². The van der Waals surface area contributed by atoms with Gasteiger partial charge in [-0.2, -0.15) is 0 Å². The van der Waals surface area contributed by atoms with Gasteiger partial charge in [-0.25, -0.2) is 0 Å². The van der Waals surface area contributed by atoms with Gasteiger partial charge in [0.15, 0.2) is 0 Å². The third-order valence-electron chi connectivity index (χ3n) is 13.5. The Kier molecular flexibility index (Phi) is 53.5. The van der Waals surface area contributed by atoms with Crippen LogP contribution in [0.15, 0.2) is 24.3 Å². The van der Waals surface area contributed by atoms with Crippen molar-refractivity contribution in [2.75, 3.05) is 13.2 Å². The van der Waals surface area contributed by atoms with Crippen LogP contribution in [0.3, 0.4) is 0 Å². The Labute approximate surface area is 405 Å². The maximum absolute atomic E-state index is 12.5. The number of esters is 1. The SMILES string of the molecule is CCCCCCCCCCCCCCCCCCC/C=C/C(O)C(CO)NC(=O)CCCCCCC/C=C\CCCCCCCCCOC(=O)CCCCCCCCCCCCCCC. The van der Waals surface area contributed by atoms with E-state index in [0.29, 0.717) is 19.4 Å². The van der Waals surface area contributed by atoms with Crippen LogP contribution in [-0.2, 0) is 14.3 Å². The lowest BCUT2D eigenvalue weighted by molar-refractivity contribution is -0.143. The van der Waals surface area contributed by atoms with Gasteiger partial charge in [0.25, 0.3) is 0 Å². The summed E-state index contributed by atoms with van der Waals surface area (Å²) in [6.07, 6.45) is 66.2. The van der Waals surface area contributed by atoms with Crippen LogP contribution < -0.4 is 5.32 Å². The number of ether oxygens (including phenoxy) is 1. The summed E-state index contributed by atoms with van der Waals surface area (Å²) in [5, 5.41) is 23.1. The molecular formula is C59H113NO5. The standard InChI is InChI=1S/C59H113NO5/c1-3-5-7-9-11-13-15-17-18-19-20-21-24-28-31-35-39-43-47-51-57(62)56(55-61)60-58(63)52-48-44-40-36-32-29-25-22-23-26-30-34-38-42-46-50-54-65-59(64)53-49-45-41-37-33-27-16-14-12-10-8-6-4-2/h22,25,47,51,56-57,61-62H,3-21,23-24,26-46,48-50,52-55H2,1-2H3,(H,60,63)/b25-22-,51-47+. The van der Waals surface area contributed by atoms with Gasteiger partial charge in [-0.15, -0.1) is 0 Å². The molecule has 0 rings (SSSR count). The predicted molar refractivity (Wildman–Crippen MR) is 283 cm³/mol. The Morgan fingerprint density at radius 1 is 0.415 bits per heavy atom. The molecule has 0 aliphatic heterocycles. The van der Waals surface area contributed by atoms with E-state index in [1.807, 2.05) is 6.08 Å². The van der Waals surface area contributed by atoms with Crippen LogP contribution in [0.5, 0.6) is 0 Å². The van der Waals surface area contributed by atoms with Gasteiger partial charge in [0.2, 0.25) is 5.91 Å². The number of aliphatic hydroxyl groups is 2. The number of nitrogens with one attached hydrogen (secondary N) is 1. The number of hydrogen-bond acceptors (Lipinski definition) is 5. The fraction of sp³-hybridized carbons (Fsp3) is 0.898. The molecule has 0 aliphatic rings. The molecule has 0 aromatic heterocycles. The zero-order chi connectivity index (χ0) is 47.2. The quantitative estimate of drug-likeness (QED) is 0.0321. The maximum atomic E-state index is 12.5. The molecule has 0 aliphatic carbocycles. The lowest BCUT2D eigenvalue weighted by Crippen LogP contribution is -2.45. The van der Waals surface area contributed by atoms with Crippen LogP contribution in [0.4, 0.5) is 0 Å². The van der Waals surface area contributed by atoms with E-state index in [1.54, 1.807) is 6.08 Å². The van der Waals surface area contributed by atoms with Gasteiger partial charge < -0.3 is 20.3 Å². The van der Waals surface area contributed by atoms with Crippen LogP contribution in [-0.4, -0.2) is 47.4 Å². The molecule has 6 nitrogen and oxygen atoms in total. The molecule has 0 radical (unpaired) electrons. The summed E-state index contributed by atoms with van der Waals surface area (Å²) in [6.45, 7) is 4.90. The van der Waals surface area contributed by atoms with Gasteiger partial charge >= 0.3 is 5.97 Å². The Balaban J connectivity index is 3.50. The molecule has 0 aromatic carbocycles. The molecule has 6 heteroatoms. The van der Waals surface area contributed by atoms with Gasteiger partial charge in [0.05, 0.1) is 25.4 Å². The molecule has 0 aromatic rings. The van der Waals surface area contributed by atoms with E-state index in [9.17, 15) is 19.8 Å². The van der Waals surface area contributed by atoms with Gasteiger partial charge in [0, 0.05) is 12.8 Å². The summed E-state index contributed by atoms with van der Waals surface area (Å²) in [7, 11) is 0. The molecule has 0 saturated carbocycles. The number of aliphatic hydroxyl groups excluding tert-OH is 2. The van der Waals surface area contributed by atoms with E-state index in [4.69, 9.17) is 4.74 Å². The first kappa shape index (κ1) is 63.3. The fourth-order valence-corrected chi connectivity index (χ4v) is 8.98. The van der Waals surface area contributed by atoms with Gasteiger partial charge in [-0.05, 0) is 57.8 Å². The van der Waals surface area contributed by atoms with Crippen LogP contribution in [0.1, 0.15) is 316 Å². The molecule has 0 saturated heterocycles. The Bertz CT molecular complexity index is 1010. The minimum atomic E-state index is -0.855. The minimum absolute atomic E-state index is 0.00206. The summed E-state index contributed by atoms with van der Waals surface area (Å²) in [5.74, 6) is -0.0848. The molecule has 2 unspecified atom stereocenters. The fourth-order valence-electron chi connectivity index (χ4n) is 8.98. The predicted octanol–water partition coefficient (Wildman–Crippen LogP) is 17.9. The van der Waals surface area contributed by atoms with Crippen molar-refractivity contribution < 1.29 is 24.5 Å². The molecular weight excluding hydrogens is 803 g/mol. The normalized spacial score (nSPS) is 12.7. The average Bonchev–Trinajstić information content (AvgIpc) is 3.31. The topological polar surface area (TPSA) is 95.9 Å². The van der Waals surface area contributed by atoms with E-state index in [-0.39, 0.29) is 18.5 Å². The van der Waals surface area contributed by atoms with Crippen molar-refractivity contribution in [2.45, 2.75) is 328 Å². The summed E-state index contributed by atoms with van der Waals surface area (Å²) in [4.78, 5) is 24.5. The largest absolute Gasteiger partial charge is 0.466 e. The van der Waals surface area contributed by atoms with Crippen molar-refractivity contribution in [3.63, 3.8) is 0 Å². The van der Waals surface area contributed by atoms with Crippen molar-refractivity contribution in [3.8, 4) is 0 Å². The second-order valence-corrected chi connectivity index (χ2v) is 20.0. The molecule has 0 fully saturated rings. The van der Waals surface area contributed by atoms with Crippen molar-refractivity contribution >= 4 is 11.9 Å². The van der Waals surface area contributed by atoms with E-state index in [1.165, 1.54) is 225 Å². The first-order valence-corrected chi connectivity index (χ1v) is 29.1. The molecule has 384 valence electrons. The molecule has 65 heavy (non-hydrogen) atoms. The number of rotatable bonds is 54. The number of allylic oxidation sites excluding steroid dienone is 3. The third kappa shape index (κ3) is 51.6. The van der Waals surface area contributed by atoms with Crippen LogP contribution in [0.2, 0.25) is 0 Å². The van der Waals surface area contributed by atoms with Crippen molar-refractivity contribution in [1.29, 1.82) is 0 Å². The Morgan fingerprint density at radius 2 is 0.723 bits per heavy atom. The average molecular weight is 917 g/mol. The highest BCUT2D eigenvalue weighted by Gasteiger charge is 2.18. The monoisotopic (exact) mass is 916 g/mol. The lowest BCUT2D eigenvalue weighted by atomic mass is 10.0. The van der Waals surface area contributed by atoms with Crippen LogP contribution >= 0.6 is 0 Å². The highest BCUT2D eigenvalue weighted by atomic mass is 16.5. The summed E-state index contributed by atoms with van der Waals surface area (Å²) in [6, 6.07) is -0.640. The van der Waals surface area contributed by atoms with Gasteiger partial charge in [0.1, 0.15) is 0 Å². The van der Waals surface area contributed by atoms with E-state index in [0.717, 1.165) is 64.2 Å². The Hall–Kier alpha value is -1.66. The lowest BCUT2D eigenvalue weighted by Gasteiger charge is -2.20. The minimum Gasteiger partial charge on any atom is -0.466 e. The molecule has 0 spiro atoms. The van der Waals surface area contributed by atoms with Crippen molar-refractivity contribution in [3.05, 3.63) is 24.3 Å². The molecule has 0 bridgehead atoms. The van der Waals surface area contributed by atoms with Gasteiger partial charge in [-0.1, -0.05) is 269 Å². The Morgan fingerprint density at radius 3 is 1.09 bits per heavy atom. The van der Waals surface area contributed by atoms with E-state index >= 15 is 0 Å². The van der Waals surface area contributed by atoms with Crippen LogP contribution in [0.25, 0.3) is 0 Å². The number of carbonyl (C=O) groups is 2. The molecule has 3 N–H and O–H groups in total. The maximum Gasteiger partial charge on any atom is 0.305 e. The number of carbonyl (C=O) groups excluding carboxylic acids is 2. The van der Waals surface area contributed by atoms with E-state index < -0.39 is 12.1 Å². The molecule has 2 atom stereocenters. The molecule has 0 heterocycles.